The van der Waals surface area contributed by atoms with E-state index in [-0.39, 0.29) is 0 Å². The van der Waals surface area contributed by atoms with E-state index in [2.05, 4.69) is 16.5 Å². The Kier molecular flexibility index (Phi) is 5.32. The molecular weight excluding hydrogens is 274 g/mol. The molecule has 0 spiro atoms. The van der Waals surface area contributed by atoms with E-state index >= 15 is 0 Å². The number of aliphatic hydroxyl groups excluding tert-OH is 1. The van der Waals surface area contributed by atoms with Gasteiger partial charge in [0.1, 0.15) is 0 Å². The first-order chi connectivity index (χ1) is 10.7. The van der Waals surface area contributed by atoms with Crippen molar-refractivity contribution in [1.82, 2.24) is 15.1 Å². The van der Waals surface area contributed by atoms with E-state index in [4.69, 9.17) is 0 Å². The number of rotatable bonds is 5. The molecule has 122 valence electrons. The molecule has 4 heteroatoms. The van der Waals surface area contributed by atoms with Crippen LogP contribution in [0.15, 0.2) is 24.0 Å². The number of nitrogens with one attached hydrogen (secondary N) is 1. The van der Waals surface area contributed by atoms with Crippen LogP contribution in [0.1, 0.15) is 63.0 Å². The predicted molar refractivity (Wildman–Crippen MR) is 88.5 cm³/mol. The third-order valence-corrected chi connectivity index (χ3v) is 5.25. The zero-order valence-electron chi connectivity index (χ0n) is 13.7. The minimum Gasteiger partial charge on any atom is -0.387 e. The van der Waals surface area contributed by atoms with Crippen molar-refractivity contribution in [3.63, 3.8) is 0 Å². The van der Waals surface area contributed by atoms with Crippen molar-refractivity contribution in [2.24, 2.45) is 13.0 Å². The molecule has 2 aliphatic rings. The number of aromatic nitrogens is 2. The Hall–Kier alpha value is -1.13. The third-order valence-electron chi connectivity index (χ3n) is 5.25. The van der Waals surface area contributed by atoms with E-state index in [0.717, 1.165) is 5.56 Å². The van der Waals surface area contributed by atoms with Crippen LogP contribution >= 0.6 is 0 Å². The Morgan fingerprint density at radius 2 is 2.18 bits per heavy atom. The van der Waals surface area contributed by atoms with Crippen LogP contribution in [0.5, 0.6) is 0 Å². The lowest BCUT2D eigenvalue weighted by atomic mass is 9.76. The average Bonchev–Trinajstić information content (AvgIpc) is 3.00. The van der Waals surface area contributed by atoms with Gasteiger partial charge in [-0.15, -0.1) is 0 Å². The first kappa shape index (κ1) is 15.8. The number of allylic oxidation sites excluding steroid dienone is 1. The van der Waals surface area contributed by atoms with Gasteiger partial charge in [0.25, 0.3) is 0 Å². The largest absolute Gasteiger partial charge is 0.387 e. The molecule has 2 aliphatic carbocycles. The standard InChI is InChI=1S/C18H29N3O/c1-21-13-15(11-20-21)18(22)12-19-17-10-6-5-9-16(17)14-7-3-2-4-8-14/h7,11,13,16-19,22H,2-6,8-10,12H2,1H3. The topological polar surface area (TPSA) is 50.1 Å². The summed E-state index contributed by atoms with van der Waals surface area (Å²) in [6.45, 7) is 0.625. The summed E-state index contributed by atoms with van der Waals surface area (Å²) < 4.78 is 1.74. The maximum Gasteiger partial charge on any atom is 0.0944 e. The van der Waals surface area contributed by atoms with Gasteiger partial charge in [-0.25, -0.2) is 0 Å². The van der Waals surface area contributed by atoms with Crippen LogP contribution in [0.25, 0.3) is 0 Å². The SMILES string of the molecule is Cn1cc(C(O)CNC2CCCCC2C2=CCCCC2)cn1. The van der Waals surface area contributed by atoms with Gasteiger partial charge in [-0.1, -0.05) is 24.5 Å². The summed E-state index contributed by atoms with van der Waals surface area (Å²) in [7, 11) is 1.89. The number of aryl methyl sites for hydroxylation is 1. The van der Waals surface area contributed by atoms with Gasteiger partial charge < -0.3 is 10.4 Å². The number of nitrogens with zero attached hydrogens (tertiary/aromatic N) is 2. The maximum atomic E-state index is 10.3. The molecule has 4 nitrogen and oxygen atoms in total. The molecule has 3 atom stereocenters. The van der Waals surface area contributed by atoms with Crippen molar-refractivity contribution >= 4 is 0 Å². The molecule has 0 aliphatic heterocycles. The van der Waals surface area contributed by atoms with E-state index < -0.39 is 6.10 Å². The molecule has 3 unspecified atom stereocenters. The molecule has 0 radical (unpaired) electrons. The minimum absolute atomic E-state index is 0.461. The quantitative estimate of drug-likeness (QED) is 0.822. The molecule has 1 fully saturated rings. The second-order valence-corrected chi connectivity index (χ2v) is 6.89. The monoisotopic (exact) mass is 303 g/mol. The summed E-state index contributed by atoms with van der Waals surface area (Å²) in [6, 6.07) is 0.532. The van der Waals surface area contributed by atoms with E-state index in [9.17, 15) is 5.11 Å². The normalized spacial score (nSPS) is 27.5. The van der Waals surface area contributed by atoms with E-state index in [1.807, 2.05) is 13.2 Å². The minimum atomic E-state index is -0.461. The fourth-order valence-corrected chi connectivity index (χ4v) is 4.01. The van der Waals surface area contributed by atoms with Crippen molar-refractivity contribution in [2.75, 3.05) is 6.54 Å². The van der Waals surface area contributed by atoms with Crippen molar-refractivity contribution in [1.29, 1.82) is 0 Å². The van der Waals surface area contributed by atoms with Crippen LogP contribution < -0.4 is 5.32 Å². The van der Waals surface area contributed by atoms with Gasteiger partial charge in [0.05, 0.1) is 12.3 Å². The van der Waals surface area contributed by atoms with Crippen molar-refractivity contribution in [3.8, 4) is 0 Å². The first-order valence-electron chi connectivity index (χ1n) is 8.83. The lowest BCUT2D eigenvalue weighted by Gasteiger charge is -2.36. The van der Waals surface area contributed by atoms with Gasteiger partial charge in [0, 0.05) is 31.4 Å². The molecule has 1 aromatic heterocycles. The molecule has 0 aromatic carbocycles. The summed E-state index contributed by atoms with van der Waals surface area (Å²) in [5.74, 6) is 0.690. The highest BCUT2D eigenvalue weighted by molar-refractivity contribution is 5.14. The molecule has 1 heterocycles. The van der Waals surface area contributed by atoms with E-state index in [1.54, 1.807) is 16.5 Å². The van der Waals surface area contributed by atoms with Gasteiger partial charge in [-0.05, 0) is 44.4 Å². The van der Waals surface area contributed by atoms with Crippen LogP contribution in [0, 0.1) is 5.92 Å². The Morgan fingerprint density at radius 3 is 2.91 bits per heavy atom. The second-order valence-electron chi connectivity index (χ2n) is 6.89. The molecule has 2 N–H and O–H groups in total. The van der Waals surface area contributed by atoms with Gasteiger partial charge in [0.15, 0.2) is 0 Å². The highest BCUT2D eigenvalue weighted by Gasteiger charge is 2.28. The molecule has 22 heavy (non-hydrogen) atoms. The Balaban J connectivity index is 1.58. The van der Waals surface area contributed by atoms with Crippen molar-refractivity contribution < 1.29 is 5.11 Å². The van der Waals surface area contributed by atoms with Crippen LogP contribution in [-0.4, -0.2) is 27.5 Å². The zero-order valence-corrected chi connectivity index (χ0v) is 13.7. The molecule has 0 saturated heterocycles. The summed E-state index contributed by atoms with van der Waals surface area (Å²) in [5.41, 5.74) is 2.58. The summed E-state index contributed by atoms with van der Waals surface area (Å²) in [6.07, 6.45) is 16.2. The van der Waals surface area contributed by atoms with Gasteiger partial charge >= 0.3 is 0 Å². The highest BCUT2D eigenvalue weighted by Crippen LogP contribution is 2.35. The third kappa shape index (κ3) is 3.79. The van der Waals surface area contributed by atoms with Crippen LogP contribution in [0.2, 0.25) is 0 Å². The van der Waals surface area contributed by atoms with E-state index in [1.165, 1.54) is 51.4 Å². The lowest BCUT2D eigenvalue weighted by molar-refractivity contribution is 0.158. The van der Waals surface area contributed by atoms with Crippen LogP contribution in [-0.2, 0) is 7.05 Å². The molecule has 3 rings (SSSR count). The molecule has 0 amide bonds. The van der Waals surface area contributed by atoms with E-state index in [0.29, 0.717) is 18.5 Å². The Bertz CT molecular complexity index is 508. The summed E-state index contributed by atoms with van der Waals surface area (Å²) in [5, 5.41) is 18.1. The molecule has 0 bridgehead atoms. The molecule has 1 aromatic rings. The second kappa shape index (κ2) is 7.42. The predicted octanol–water partition coefficient (Wildman–Crippen LogP) is 3.10. The van der Waals surface area contributed by atoms with Gasteiger partial charge in [-0.3, -0.25) is 4.68 Å². The van der Waals surface area contributed by atoms with Crippen molar-refractivity contribution in [3.05, 3.63) is 29.6 Å². The first-order valence-corrected chi connectivity index (χ1v) is 8.83. The lowest BCUT2D eigenvalue weighted by Crippen LogP contribution is -2.41. The fourth-order valence-electron chi connectivity index (χ4n) is 4.01. The summed E-state index contributed by atoms with van der Waals surface area (Å²) in [4.78, 5) is 0. The molecular formula is C18H29N3O. The maximum absolute atomic E-state index is 10.3. The highest BCUT2D eigenvalue weighted by atomic mass is 16.3. The van der Waals surface area contributed by atoms with Crippen LogP contribution in [0.4, 0.5) is 0 Å². The van der Waals surface area contributed by atoms with Gasteiger partial charge in [-0.2, -0.15) is 5.10 Å². The number of aliphatic hydroxyl groups is 1. The zero-order chi connectivity index (χ0) is 15.4. The summed E-state index contributed by atoms with van der Waals surface area (Å²) >= 11 is 0. The number of hydrogen-bond acceptors (Lipinski definition) is 3. The van der Waals surface area contributed by atoms with Crippen molar-refractivity contribution in [2.45, 2.75) is 63.5 Å². The van der Waals surface area contributed by atoms with Gasteiger partial charge in [0.2, 0.25) is 0 Å². The fraction of sp³-hybridized carbons (Fsp3) is 0.722. The Labute approximate surface area is 133 Å². The van der Waals surface area contributed by atoms with Crippen LogP contribution in [0.3, 0.4) is 0 Å². The molecule has 1 saturated carbocycles. The number of hydrogen-bond donors (Lipinski definition) is 2. The smallest absolute Gasteiger partial charge is 0.0944 e. The Morgan fingerprint density at radius 1 is 1.32 bits per heavy atom. The average molecular weight is 303 g/mol.